The van der Waals surface area contributed by atoms with Crippen LogP contribution in [-0.2, 0) is 4.79 Å². The summed E-state index contributed by atoms with van der Waals surface area (Å²) >= 11 is 0. The zero-order valence-electron chi connectivity index (χ0n) is 14.9. The van der Waals surface area contributed by atoms with Crippen molar-refractivity contribution in [2.45, 2.75) is 45.2 Å². The van der Waals surface area contributed by atoms with E-state index in [0.29, 0.717) is 12.5 Å². The molecule has 1 heterocycles. The minimum absolute atomic E-state index is 0. The van der Waals surface area contributed by atoms with E-state index in [-0.39, 0.29) is 30.8 Å². The Morgan fingerprint density at radius 1 is 1.40 bits per heavy atom. The molecule has 0 bridgehead atoms. The van der Waals surface area contributed by atoms with Crippen LogP contribution in [0.15, 0.2) is 24.3 Å². The second-order valence-corrected chi connectivity index (χ2v) is 6.79. The van der Waals surface area contributed by atoms with Crippen LogP contribution in [0.4, 0.5) is 4.79 Å². The molecular weight excluding hydrogens is 340 g/mol. The normalized spacial score (nSPS) is 21.2. The number of carbonyl (C=O) groups is 2. The van der Waals surface area contributed by atoms with Gasteiger partial charge in [-0.2, -0.15) is 0 Å². The van der Waals surface area contributed by atoms with Crippen LogP contribution in [0.2, 0.25) is 0 Å². The molecule has 0 aromatic heterocycles. The first kappa shape index (κ1) is 21.3. The van der Waals surface area contributed by atoms with E-state index in [1.807, 2.05) is 36.1 Å². The van der Waals surface area contributed by atoms with E-state index in [2.05, 4.69) is 12.2 Å². The zero-order chi connectivity index (χ0) is 17.7. The lowest BCUT2D eigenvalue weighted by Gasteiger charge is -2.38. The van der Waals surface area contributed by atoms with E-state index in [4.69, 9.17) is 11.5 Å². The predicted octanol–water partition coefficient (Wildman–Crippen LogP) is 2.10. The van der Waals surface area contributed by atoms with Crippen LogP contribution >= 0.6 is 12.4 Å². The highest BCUT2D eigenvalue weighted by Gasteiger charge is 2.30. The summed E-state index contributed by atoms with van der Waals surface area (Å²) in [4.78, 5) is 26.0. The van der Waals surface area contributed by atoms with Gasteiger partial charge in [0.25, 0.3) is 0 Å². The minimum Gasteiger partial charge on any atom is -0.352 e. The number of halogens is 1. The average molecular weight is 369 g/mol. The van der Waals surface area contributed by atoms with Gasteiger partial charge >= 0.3 is 6.03 Å². The number of aryl methyl sites for hydroxylation is 1. The molecule has 1 fully saturated rings. The number of hydrogen-bond acceptors (Lipinski definition) is 3. The van der Waals surface area contributed by atoms with Crippen LogP contribution in [0.25, 0.3) is 0 Å². The fourth-order valence-electron chi connectivity index (χ4n) is 3.41. The summed E-state index contributed by atoms with van der Waals surface area (Å²) in [6.45, 7) is 5.35. The van der Waals surface area contributed by atoms with E-state index >= 15 is 0 Å². The standard InChI is InChI=1S/C18H28N4O2.ClH/c1-12-4-3-5-14(8-12)16(21-18(20)24)10-17(23)22-7-6-13(2)9-15(22)11-19;/h3-5,8,13,15-16H,6-7,9-11,19H2,1-2H3,(H3,20,21,24);1H. The van der Waals surface area contributed by atoms with Crippen LogP contribution in [0.1, 0.15) is 43.4 Å². The molecule has 7 heteroatoms. The smallest absolute Gasteiger partial charge is 0.312 e. The third-order valence-electron chi connectivity index (χ3n) is 4.71. The number of likely N-dealkylation sites (tertiary alicyclic amines) is 1. The van der Waals surface area contributed by atoms with Gasteiger partial charge in [-0.1, -0.05) is 36.8 Å². The van der Waals surface area contributed by atoms with Gasteiger partial charge in [0.15, 0.2) is 0 Å². The van der Waals surface area contributed by atoms with Crippen LogP contribution < -0.4 is 16.8 Å². The monoisotopic (exact) mass is 368 g/mol. The summed E-state index contributed by atoms with van der Waals surface area (Å²) in [6, 6.07) is 6.78. The van der Waals surface area contributed by atoms with Crippen LogP contribution in [0, 0.1) is 12.8 Å². The van der Waals surface area contributed by atoms with E-state index in [1.54, 1.807) is 0 Å². The van der Waals surface area contributed by atoms with Crippen molar-refractivity contribution in [2.75, 3.05) is 13.1 Å². The molecule has 0 saturated carbocycles. The van der Waals surface area contributed by atoms with Crippen molar-refractivity contribution in [2.24, 2.45) is 17.4 Å². The molecule has 1 aliphatic heterocycles. The van der Waals surface area contributed by atoms with Crippen LogP contribution in [0.3, 0.4) is 0 Å². The van der Waals surface area contributed by atoms with E-state index < -0.39 is 12.1 Å². The molecule has 3 atom stereocenters. The summed E-state index contributed by atoms with van der Waals surface area (Å²) in [6.07, 6.45) is 2.11. The van der Waals surface area contributed by atoms with Gasteiger partial charge in [0.1, 0.15) is 0 Å². The fraction of sp³-hybridized carbons (Fsp3) is 0.556. The zero-order valence-corrected chi connectivity index (χ0v) is 15.7. The molecule has 3 amide bonds. The topological polar surface area (TPSA) is 101 Å². The fourth-order valence-corrected chi connectivity index (χ4v) is 3.41. The van der Waals surface area contributed by atoms with Crippen molar-refractivity contribution < 1.29 is 9.59 Å². The molecule has 0 spiro atoms. The minimum atomic E-state index is -0.628. The highest BCUT2D eigenvalue weighted by molar-refractivity contribution is 5.85. The number of urea groups is 1. The van der Waals surface area contributed by atoms with Crippen molar-refractivity contribution in [1.82, 2.24) is 10.2 Å². The van der Waals surface area contributed by atoms with Gasteiger partial charge in [-0.25, -0.2) is 4.79 Å². The van der Waals surface area contributed by atoms with E-state index in [9.17, 15) is 9.59 Å². The number of primary amides is 1. The second-order valence-electron chi connectivity index (χ2n) is 6.79. The number of nitrogens with zero attached hydrogens (tertiary/aromatic N) is 1. The van der Waals surface area contributed by atoms with Crippen molar-refractivity contribution in [3.8, 4) is 0 Å². The molecule has 2 rings (SSSR count). The molecule has 1 aromatic rings. The number of hydrogen-bond donors (Lipinski definition) is 3. The maximum absolute atomic E-state index is 12.8. The Hall–Kier alpha value is -1.79. The van der Waals surface area contributed by atoms with Gasteiger partial charge in [-0.15, -0.1) is 12.4 Å². The largest absolute Gasteiger partial charge is 0.352 e. The molecule has 25 heavy (non-hydrogen) atoms. The maximum atomic E-state index is 12.8. The average Bonchev–Trinajstić information content (AvgIpc) is 2.53. The molecule has 140 valence electrons. The Labute approximate surface area is 155 Å². The Morgan fingerprint density at radius 2 is 2.12 bits per heavy atom. The van der Waals surface area contributed by atoms with Crippen LogP contribution in [-0.4, -0.2) is 36.0 Å². The van der Waals surface area contributed by atoms with Gasteiger partial charge < -0.3 is 21.7 Å². The molecule has 0 radical (unpaired) electrons. The summed E-state index contributed by atoms with van der Waals surface area (Å²) in [5.41, 5.74) is 13.1. The molecular formula is C18H29ClN4O2. The Bertz CT molecular complexity index is 596. The molecule has 1 aliphatic rings. The SMILES string of the molecule is Cc1cccc(C(CC(=O)N2CCC(C)CC2CN)NC(N)=O)c1.Cl. The molecule has 6 nitrogen and oxygen atoms in total. The highest BCUT2D eigenvalue weighted by Crippen LogP contribution is 2.25. The lowest BCUT2D eigenvalue weighted by molar-refractivity contribution is -0.135. The van der Waals surface area contributed by atoms with Gasteiger partial charge in [-0.05, 0) is 31.2 Å². The van der Waals surface area contributed by atoms with Gasteiger partial charge in [-0.3, -0.25) is 4.79 Å². The van der Waals surface area contributed by atoms with E-state index in [1.165, 1.54) is 0 Å². The quantitative estimate of drug-likeness (QED) is 0.741. The molecule has 5 N–H and O–H groups in total. The Morgan fingerprint density at radius 3 is 2.72 bits per heavy atom. The first-order chi connectivity index (χ1) is 11.4. The van der Waals surface area contributed by atoms with Gasteiger partial charge in [0.05, 0.1) is 12.5 Å². The lowest BCUT2D eigenvalue weighted by Crippen LogP contribution is -2.50. The third-order valence-corrected chi connectivity index (χ3v) is 4.71. The number of nitrogens with two attached hydrogens (primary N) is 2. The van der Waals surface area contributed by atoms with Crippen molar-refractivity contribution >= 4 is 24.3 Å². The number of nitrogens with one attached hydrogen (secondary N) is 1. The maximum Gasteiger partial charge on any atom is 0.312 e. The van der Waals surface area contributed by atoms with Crippen molar-refractivity contribution in [3.63, 3.8) is 0 Å². The van der Waals surface area contributed by atoms with Crippen LogP contribution in [0.5, 0.6) is 0 Å². The molecule has 1 saturated heterocycles. The van der Waals surface area contributed by atoms with Gasteiger partial charge in [0, 0.05) is 19.1 Å². The second kappa shape index (κ2) is 9.63. The predicted molar refractivity (Wildman–Crippen MR) is 101 cm³/mol. The first-order valence-electron chi connectivity index (χ1n) is 8.52. The Balaban J connectivity index is 0.00000312. The number of benzene rings is 1. The van der Waals surface area contributed by atoms with Crippen molar-refractivity contribution in [3.05, 3.63) is 35.4 Å². The number of rotatable bonds is 5. The third kappa shape index (κ3) is 5.90. The number of amides is 3. The lowest BCUT2D eigenvalue weighted by atomic mass is 9.91. The molecule has 0 aliphatic carbocycles. The summed E-state index contributed by atoms with van der Waals surface area (Å²) in [5.74, 6) is 0.594. The number of piperidine rings is 1. The summed E-state index contributed by atoms with van der Waals surface area (Å²) < 4.78 is 0. The molecule has 3 unspecified atom stereocenters. The first-order valence-corrected chi connectivity index (χ1v) is 8.52. The summed E-state index contributed by atoms with van der Waals surface area (Å²) in [7, 11) is 0. The summed E-state index contributed by atoms with van der Waals surface area (Å²) in [5, 5.41) is 2.70. The molecule has 1 aromatic carbocycles. The van der Waals surface area contributed by atoms with E-state index in [0.717, 1.165) is 30.5 Å². The Kier molecular flexibility index (Phi) is 8.19. The van der Waals surface area contributed by atoms with Gasteiger partial charge in [0.2, 0.25) is 5.91 Å². The number of carbonyl (C=O) groups excluding carboxylic acids is 2. The highest BCUT2D eigenvalue weighted by atomic mass is 35.5. The van der Waals surface area contributed by atoms with Crippen molar-refractivity contribution in [1.29, 1.82) is 0 Å².